The normalized spacial score (nSPS) is 27.7. The number of pyridine rings is 1. The molecule has 1 aliphatic carbocycles. The Bertz CT molecular complexity index is 1580. The van der Waals surface area contributed by atoms with Crippen LogP contribution in [0.25, 0.3) is 5.69 Å². The van der Waals surface area contributed by atoms with Gasteiger partial charge in [0, 0.05) is 42.4 Å². The zero-order chi connectivity index (χ0) is 32.8. The van der Waals surface area contributed by atoms with Gasteiger partial charge in [0.05, 0.1) is 31.1 Å². The van der Waals surface area contributed by atoms with E-state index >= 15 is 0 Å². The molecule has 1 saturated carbocycles. The summed E-state index contributed by atoms with van der Waals surface area (Å²) in [4.78, 5) is 6.39. The third kappa shape index (κ3) is 6.09. The molecule has 7 nitrogen and oxygen atoms in total. The van der Waals surface area contributed by atoms with Crippen LogP contribution in [0.2, 0.25) is 0 Å². The van der Waals surface area contributed by atoms with Gasteiger partial charge in [-0.15, -0.1) is 10.2 Å². The summed E-state index contributed by atoms with van der Waals surface area (Å²) in [5.74, 6) is 7.30. The molecule has 0 amide bonds. The van der Waals surface area contributed by atoms with Crippen molar-refractivity contribution in [3.05, 3.63) is 59.7 Å². The number of aromatic nitrogens is 4. The maximum Gasteiger partial charge on any atom is 0.196 e. The summed E-state index contributed by atoms with van der Waals surface area (Å²) in [5.41, 5.74) is 2.18. The molecule has 5 rings (SSSR count). The third-order valence-electron chi connectivity index (χ3n) is 5.79. The fourth-order valence-electron chi connectivity index (χ4n) is 3.81. The first kappa shape index (κ1) is 16.1. The van der Waals surface area contributed by atoms with Crippen molar-refractivity contribution in [3.8, 4) is 23.3 Å². The Hall–Kier alpha value is -2.86. The van der Waals surface area contributed by atoms with E-state index in [1.165, 1.54) is 17.0 Å². The lowest BCUT2D eigenvalue weighted by molar-refractivity contribution is 0.0302. The van der Waals surface area contributed by atoms with Gasteiger partial charge in [-0.05, 0) is 62.5 Å². The van der Waals surface area contributed by atoms with Crippen molar-refractivity contribution in [1.29, 1.82) is 0 Å². The lowest BCUT2D eigenvalue weighted by atomic mass is 10.1. The van der Waals surface area contributed by atoms with Crippen LogP contribution < -0.4 is 4.74 Å². The van der Waals surface area contributed by atoms with Crippen LogP contribution in [-0.4, -0.2) is 62.2 Å². The molecule has 1 aromatic carbocycles. The number of thioether (sulfide) groups is 1. The molecule has 1 saturated heterocycles. The fraction of sp³-hybridized carbons (Fsp3) is 0.464. The smallest absolute Gasteiger partial charge is 0.196 e. The van der Waals surface area contributed by atoms with Gasteiger partial charge in [-0.3, -0.25) is 14.5 Å². The minimum absolute atomic E-state index is 0.0880. The predicted molar refractivity (Wildman–Crippen MR) is 142 cm³/mol. The third-order valence-corrected chi connectivity index (χ3v) is 6.64. The molecule has 8 heteroatoms. The maximum atomic E-state index is 8.89. The second kappa shape index (κ2) is 11.9. The summed E-state index contributed by atoms with van der Waals surface area (Å²) in [6.45, 7) is 6.98. The van der Waals surface area contributed by atoms with Crippen LogP contribution in [0.3, 0.4) is 0 Å². The molecule has 2 aromatic heterocycles. The first-order valence-corrected chi connectivity index (χ1v) is 12.5. The molecule has 36 heavy (non-hydrogen) atoms. The van der Waals surface area contributed by atoms with Crippen molar-refractivity contribution in [2.24, 2.45) is 0 Å². The molecule has 1 aliphatic heterocycles. The van der Waals surface area contributed by atoms with Gasteiger partial charge in [0.1, 0.15) is 12.4 Å². The van der Waals surface area contributed by atoms with Gasteiger partial charge in [0.2, 0.25) is 0 Å². The minimum atomic E-state index is -3.32. The molecule has 3 heterocycles. The van der Waals surface area contributed by atoms with Crippen LogP contribution in [0, 0.1) is 18.8 Å². The van der Waals surface area contributed by atoms with E-state index in [2.05, 4.69) is 38.8 Å². The number of rotatable bonds is 7. The fourth-order valence-corrected chi connectivity index (χ4v) is 4.58. The monoisotopic (exact) mass is 512 g/mol. The molecule has 1 unspecified atom stereocenters. The van der Waals surface area contributed by atoms with E-state index in [4.69, 9.17) is 21.8 Å². The molecule has 1 atom stereocenters. The van der Waals surface area contributed by atoms with Crippen LogP contribution in [0.4, 0.5) is 0 Å². The standard InChI is InChI=1S/C28H33N5O2S/c1-21-18-25(12-11-23(21)10-9-22(2)32-14-16-34-17-15-32)35-20-27-30-31-28(36-26-7-3-4-8-26)33(27)24-6-5-13-29-19-24/h5-6,11-13,18-19,22,26H,3-4,7-8,14-17,20H2,1-2H3/i3D2,4D2,7D2,8D2,26D. The molecule has 0 bridgehead atoms. The molecular formula is C28H33N5O2S. The quantitative estimate of drug-likeness (QED) is 0.427. The highest BCUT2D eigenvalue weighted by atomic mass is 32.2. The molecule has 0 N–H and O–H groups in total. The summed E-state index contributed by atoms with van der Waals surface area (Å²) >= 11 is 0.275. The predicted octanol–water partition coefficient (Wildman–Crippen LogP) is 4.66. The highest BCUT2D eigenvalue weighted by molar-refractivity contribution is 7.99. The summed E-state index contributed by atoms with van der Waals surface area (Å²) in [5, 5.41) is 5.14. The maximum absolute atomic E-state index is 8.89. The van der Waals surface area contributed by atoms with Crippen LogP contribution >= 0.6 is 11.8 Å². The number of benzene rings is 1. The van der Waals surface area contributed by atoms with Crippen molar-refractivity contribution < 1.29 is 21.8 Å². The summed E-state index contributed by atoms with van der Waals surface area (Å²) in [6.07, 6.45) is -10.2. The van der Waals surface area contributed by atoms with Gasteiger partial charge in [-0.2, -0.15) is 0 Å². The second-order valence-corrected chi connectivity index (χ2v) is 9.21. The number of hydrogen-bond donors (Lipinski definition) is 0. The van der Waals surface area contributed by atoms with E-state index < -0.39 is 30.7 Å². The average molecular weight is 513 g/mol. The van der Waals surface area contributed by atoms with E-state index in [0.29, 0.717) is 24.7 Å². The van der Waals surface area contributed by atoms with Crippen LogP contribution in [0.5, 0.6) is 5.75 Å². The van der Waals surface area contributed by atoms with Crippen LogP contribution in [-0.2, 0) is 11.3 Å². The average Bonchev–Trinajstić information content (AvgIpc) is 3.42. The molecule has 0 radical (unpaired) electrons. The second-order valence-electron chi connectivity index (χ2n) is 8.24. The first-order valence-electron chi connectivity index (χ1n) is 16.2. The van der Waals surface area contributed by atoms with Gasteiger partial charge < -0.3 is 9.47 Å². The molecule has 188 valence electrons. The summed E-state index contributed by atoms with van der Waals surface area (Å²) < 4.78 is 87.9. The zero-order valence-electron chi connectivity index (χ0n) is 29.1. The Balaban J connectivity index is 1.40. The van der Waals surface area contributed by atoms with Crippen molar-refractivity contribution in [1.82, 2.24) is 24.6 Å². The highest BCUT2D eigenvalue weighted by Gasteiger charge is 2.22. The highest BCUT2D eigenvalue weighted by Crippen LogP contribution is 2.35. The van der Waals surface area contributed by atoms with Gasteiger partial charge in [-0.1, -0.05) is 36.3 Å². The molecule has 0 spiro atoms. The van der Waals surface area contributed by atoms with E-state index in [0.717, 1.165) is 24.2 Å². The Morgan fingerprint density at radius 2 is 2.08 bits per heavy atom. The lowest BCUT2D eigenvalue weighted by Crippen LogP contribution is -2.41. The molecule has 3 aromatic rings. The van der Waals surface area contributed by atoms with Crippen molar-refractivity contribution in [3.63, 3.8) is 0 Å². The Morgan fingerprint density at radius 3 is 2.83 bits per heavy atom. The van der Waals surface area contributed by atoms with Gasteiger partial charge in [-0.25, -0.2) is 0 Å². The SMILES string of the molecule is [2H]C1([2H])C([2H])([2H])C([2H])([2H])C([2H])(Sc2nnc(COc3ccc(C#CC(C)N4CCOCC4)c(C)c3)n2-c2cccnc2)C1([2H])[2H]. The van der Waals surface area contributed by atoms with Crippen molar-refractivity contribution >= 4 is 11.8 Å². The molecule has 2 fully saturated rings. The van der Waals surface area contributed by atoms with Gasteiger partial charge >= 0.3 is 0 Å². The Labute approximate surface area is 230 Å². The lowest BCUT2D eigenvalue weighted by Gasteiger charge is -2.29. The number of nitrogens with zero attached hydrogens (tertiary/aromatic N) is 5. The van der Waals surface area contributed by atoms with E-state index in [1.807, 2.05) is 19.1 Å². The van der Waals surface area contributed by atoms with E-state index in [1.54, 1.807) is 18.2 Å². The van der Waals surface area contributed by atoms with Crippen molar-refractivity contribution in [2.45, 2.75) is 62.4 Å². The van der Waals surface area contributed by atoms with Crippen LogP contribution in [0.1, 0.15) is 61.7 Å². The zero-order valence-corrected chi connectivity index (χ0v) is 20.9. The minimum Gasteiger partial charge on any atom is -0.486 e. The van der Waals surface area contributed by atoms with Crippen LogP contribution in [0.15, 0.2) is 47.9 Å². The largest absolute Gasteiger partial charge is 0.486 e. The molecule has 2 aliphatic rings. The number of ether oxygens (including phenoxy) is 2. The molecular weight excluding hydrogens is 470 g/mol. The number of morpholine rings is 1. The van der Waals surface area contributed by atoms with Crippen molar-refractivity contribution in [2.75, 3.05) is 26.3 Å². The summed E-state index contributed by atoms with van der Waals surface area (Å²) in [7, 11) is 0. The Kier molecular flexibility index (Phi) is 5.32. The Morgan fingerprint density at radius 1 is 1.25 bits per heavy atom. The van der Waals surface area contributed by atoms with E-state index in [9.17, 15) is 0 Å². The number of hydrogen-bond acceptors (Lipinski definition) is 7. The van der Waals surface area contributed by atoms with Gasteiger partial charge in [0.25, 0.3) is 0 Å². The van der Waals surface area contributed by atoms with E-state index in [-0.39, 0.29) is 35.4 Å². The van der Waals surface area contributed by atoms with Gasteiger partial charge in [0.15, 0.2) is 11.0 Å². The first-order chi connectivity index (χ1) is 21.0. The number of aryl methyl sites for hydroxylation is 1. The summed E-state index contributed by atoms with van der Waals surface area (Å²) in [6, 6.07) is 8.87. The topological polar surface area (TPSA) is 65.3 Å².